The quantitative estimate of drug-likeness (QED) is 0.598. The normalized spacial score (nSPS) is 14.5. The zero-order chi connectivity index (χ0) is 21.8. The minimum absolute atomic E-state index is 0.0308. The Morgan fingerprint density at radius 2 is 1.74 bits per heavy atom. The van der Waals surface area contributed by atoms with E-state index < -0.39 is 15.9 Å². The van der Waals surface area contributed by atoms with Crippen LogP contribution < -0.4 is 10.1 Å². The molecule has 2 aromatic carbocycles. The smallest absolute Gasteiger partial charge is 0.287 e. The van der Waals surface area contributed by atoms with Gasteiger partial charge < -0.3 is 14.5 Å². The maximum absolute atomic E-state index is 12.8. The number of para-hydroxylation sites is 2. The van der Waals surface area contributed by atoms with Crippen LogP contribution in [0.5, 0.6) is 11.5 Å². The molecule has 2 heterocycles. The topological polar surface area (TPSA) is 88.8 Å². The number of benzene rings is 2. The lowest BCUT2D eigenvalue weighted by Gasteiger charge is -2.14. The zero-order valence-electron chi connectivity index (χ0n) is 17.2. The first-order valence-corrected chi connectivity index (χ1v) is 11.6. The van der Waals surface area contributed by atoms with Gasteiger partial charge in [0.1, 0.15) is 22.2 Å². The standard InChI is InChI=1S/C23H24N2O5S/c1-17-22(31(27,28)25-13-7-8-14-25)15-21(29-17)23(26)24-16-18-9-5-6-12-20(18)30-19-10-3-2-4-11-19/h2-6,9-12,15H,7-8,13-14,16H2,1H3,(H,24,26). The van der Waals surface area contributed by atoms with Gasteiger partial charge in [0, 0.05) is 31.3 Å². The van der Waals surface area contributed by atoms with Gasteiger partial charge in [0.05, 0.1) is 0 Å². The molecule has 1 fully saturated rings. The highest BCUT2D eigenvalue weighted by molar-refractivity contribution is 7.89. The highest BCUT2D eigenvalue weighted by Crippen LogP contribution is 2.27. The van der Waals surface area contributed by atoms with Crippen LogP contribution in [0.15, 0.2) is 70.0 Å². The number of hydrogen-bond acceptors (Lipinski definition) is 5. The summed E-state index contributed by atoms with van der Waals surface area (Å²) in [5, 5.41) is 2.78. The minimum Gasteiger partial charge on any atom is -0.457 e. The summed E-state index contributed by atoms with van der Waals surface area (Å²) < 4.78 is 38.4. The molecule has 7 nitrogen and oxygen atoms in total. The molecule has 1 aliphatic rings. The fourth-order valence-corrected chi connectivity index (χ4v) is 5.21. The predicted octanol–water partition coefficient (Wildman–Crippen LogP) is 4.09. The Morgan fingerprint density at radius 1 is 1.06 bits per heavy atom. The Bertz CT molecular complexity index is 1170. The second-order valence-corrected chi connectivity index (χ2v) is 9.25. The minimum atomic E-state index is -3.65. The van der Waals surface area contributed by atoms with E-state index in [2.05, 4.69) is 5.32 Å². The van der Waals surface area contributed by atoms with Crippen LogP contribution >= 0.6 is 0 Å². The van der Waals surface area contributed by atoms with Crippen LogP contribution in [0.2, 0.25) is 0 Å². The second-order valence-electron chi connectivity index (χ2n) is 7.35. The van der Waals surface area contributed by atoms with Crippen LogP contribution in [-0.4, -0.2) is 31.7 Å². The largest absolute Gasteiger partial charge is 0.457 e. The van der Waals surface area contributed by atoms with E-state index in [1.54, 1.807) is 6.92 Å². The van der Waals surface area contributed by atoms with Gasteiger partial charge in [-0.15, -0.1) is 0 Å². The maximum Gasteiger partial charge on any atom is 0.287 e. The van der Waals surface area contributed by atoms with Crippen molar-refractivity contribution in [3.63, 3.8) is 0 Å². The molecule has 0 saturated carbocycles. The van der Waals surface area contributed by atoms with Crippen molar-refractivity contribution in [3.05, 3.63) is 77.7 Å². The van der Waals surface area contributed by atoms with Crippen molar-refractivity contribution in [1.29, 1.82) is 0 Å². The molecule has 1 aliphatic heterocycles. The lowest BCUT2D eigenvalue weighted by Crippen LogP contribution is -2.28. The van der Waals surface area contributed by atoms with Gasteiger partial charge in [-0.1, -0.05) is 36.4 Å². The monoisotopic (exact) mass is 440 g/mol. The number of aryl methyl sites for hydroxylation is 1. The summed E-state index contributed by atoms with van der Waals surface area (Å²) in [4.78, 5) is 12.7. The summed E-state index contributed by atoms with van der Waals surface area (Å²) in [6, 6.07) is 18.1. The van der Waals surface area contributed by atoms with Crippen LogP contribution in [0.4, 0.5) is 0 Å². The Balaban J connectivity index is 1.47. The van der Waals surface area contributed by atoms with Crippen LogP contribution in [0, 0.1) is 6.92 Å². The molecule has 1 aromatic heterocycles. The number of carbonyl (C=O) groups excluding carboxylic acids is 1. The van der Waals surface area contributed by atoms with Gasteiger partial charge >= 0.3 is 0 Å². The first-order chi connectivity index (χ1) is 14.9. The molecule has 162 valence electrons. The van der Waals surface area contributed by atoms with E-state index >= 15 is 0 Å². The molecule has 4 rings (SSSR count). The van der Waals surface area contributed by atoms with Crippen LogP contribution in [0.3, 0.4) is 0 Å². The van der Waals surface area contributed by atoms with Crippen molar-refractivity contribution in [3.8, 4) is 11.5 Å². The molecular weight excluding hydrogens is 416 g/mol. The van der Waals surface area contributed by atoms with Gasteiger partial charge in [0.15, 0.2) is 5.76 Å². The zero-order valence-corrected chi connectivity index (χ0v) is 18.0. The molecule has 0 bridgehead atoms. The predicted molar refractivity (Wildman–Crippen MR) is 116 cm³/mol. The van der Waals surface area contributed by atoms with Crippen molar-refractivity contribution in [1.82, 2.24) is 9.62 Å². The van der Waals surface area contributed by atoms with E-state index in [0.717, 1.165) is 18.4 Å². The number of ether oxygens (including phenoxy) is 1. The Hall–Kier alpha value is -3.10. The first-order valence-electron chi connectivity index (χ1n) is 10.1. The summed E-state index contributed by atoms with van der Waals surface area (Å²) in [5.74, 6) is 1.02. The number of rotatable bonds is 7. The van der Waals surface area contributed by atoms with Gasteiger partial charge in [0.2, 0.25) is 10.0 Å². The highest BCUT2D eigenvalue weighted by Gasteiger charge is 2.31. The van der Waals surface area contributed by atoms with Crippen molar-refractivity contribution in [2.75, 3.05) is 13.1 Å². The third-order valence-corrected chi connectivity index (χ3v) is 7.17. The van der Waals surface area contributed by atoms with Crippen molar-refractivity contribution < 1.29 is 22.4 Å². The molecule has 31 heavy (non-hydrogen) atoms. The van der Waals surface area contributed by atoms with Crippen LogP contribution in [-0.2, 0) is 16.6 Å². The third-order valence-electron chi connectivity index (χ3n) is 5.16. The Kier molecular flexibility index (Phi) is 6.11. The average Bonchev–Trinajstić information content (AvgIpc) is 3.44. The van der Waals surface area contributed by atoms with Gasteiger partial charge in [-0.2, -0.15) is 4.31 Å². The van der Waals surface area contributed by atoms with Crippen molar-refractivity contribution in [2.45, 2.75) is 31.2 Å². The summed E-state index contributed by atoms with van der Waals surface area (Å²) in [6.07, 6.45) is 1.68. The van der Waals surface area contributed by atoms with Gasteiger partial charge in [-0.25, -0.2) is 8.42 Å². The first kappa shape index (κ1) is 21.1. The lowest BCUT2D eigenvalue weighted by atomic mass is 10.2. The number of furan rings is 1. The number of amides is 1. The van der Waals surface area contributed by atoms with Gasteiger partial charge in [-0.3, -0.25) is 4.79 Å². The molecule has 1 N–H and O–H groups in total. The second kappa shape index (κ2) is 8.95. The Morgan fingerprint density at radius 3 is 2.48 bits per heavy atom. The van der Waals surface area contributed by atoms with E-state index in [1.807, 2.05) is 54.6 Å². The number of hydrogen-bond donors (Lipinski definition) is 1. The highest BCUT2D eigenvalue weighted by atomic mass is 32.2. The molecule has 8 heteroatoms. The average molecular weight is 441 g/mol. The van der Waals surface area contributed by atoms with E-state index in [0.29, 0.717) is 24.6 Å². The van der Waals surface area contributed by atoms with Crippen LogP contribution in [0.25, 0.3) is 0 Å². The molecular formula is C23H24N2O5S. The molecule has 0 radical (unpaired) electrons. The maximum atomic E-state index is 12.8. The van der Waals surface area contributed by atoms with Crippen LogP contribution in [0.1, 0.15) is 34.7 Å². The molecule has 1 amide bonds. The molecule has 1 saturated heterocycles. The summed E-state index contributed by atoms with van der Waals surface area (Å²) in [7, 11) is -3.65. The number of sulfonamides is 1. The van der Waals surface area contributed by atoms with E-state index in [9.17, 15) is 13.2 Å². The Labute approximate surface area is 181 Å². The molecule has 0 spiro atoms. The van der Waals surface area contributed by atoms with E-state index in [4.69, 9.17) is 9.15 Å². The molecule has 0 atom stereocenters. The fourth-order valence-electron chi connectivity index (χ4n) is 3.53. The number of nitrogens with zero attached hydrogens (tertiary/aromatic N) is 1. The van der Waals surface area contributed by atoms with E-state index in [1.165, 1.54) is 10.4 Å². The van der Waals surface area contributed by atoms with Crippen molar-refractivity contribution >= 4 is 15.9 Å². The van der Waals surface area contributed by atoms with Crippen molar-refractivity contribution in [2.24, 2.45) is 0 Å². The molecule has 3 aromatic rings. The molecule has 0 aliphatic carbocycles. The van der Waals surface area contributed by atoms with Gasteiger partial charge in [-0.05, 0) is 38.0 Å². The third kappa shape index (κ3) is 4.65. The number of nitrogens with one attached hydrogen (secondary N) is 1. The van der Waals surface area contributed by atoms with E-state index in [-0.39, 0.29) is 23.0 Å². The lowest BCUT2D eigenvalue weighted by molar-refractivity contribution is 0.0921. The fraction of sp³-hybridized carbons (Fsp3) is 0.261. The number of carbonyl (C=O) groups is 1. The van der Waals surface area contributed by atoms with Gasteiger partial charge in [0.25, 0.3) is 5.91 Å². The SMILES string of the molecule is Cc1oc(C(=O)NCc2ccccc2Oc2ccccc2)cc1S(=O)(=O)N1CCCC1. The summed E-state index contributed by atoms with van der Waals surface area (Å²) >= 11 is 0. The summed E-state index contributed by atoms with van der Waals surface area (Å²) in [5.41, 5.74) is 0.785. The summed E-state index contributed by atoms with van der Waals surface area (Å²) in [6.45, 7) is 2.75. The molecule has 0 unspecified atom stereocenters.